The van der Waals surface area contributed by atoms with Crippen molar-refractivity contribution in [1.82, 2.24) is 9.78 Å². The molecule has 0 atom stereocenters. The van der Waals surface area contributed by atoms with Gasteiger partial charge >= 0.3 is 0 Å². The first-order valence-corrected chi connectivity index (χ1v) is 8.16. The summed E-state index contributed by atoms with van der Waals surface area (Å²) in [6.07, 6.45) is 0.731. The number of hydrogen-bond acceptors (Lipinski definition) is 4. The van der Waals surface area contributed by atoms with Gasteiger partial charge in [0.2, 0.25) is 0 Å². The molecule has 0 amide bonds. The third-order valence-electron chi connectivity index (χ3n) is 4.45. The molecule has 1 aromatic heterocycles. The van der Waals surface area contributed by atoms with E-state index in [1.54, 1.807) is 14.2 Å². The van der Waals surface area contributed by atoms with Crippen LogP contribution < -0.4 is 14.8 Å². The number of ether oxygens (including phenoxy) is 2. The maximum absolute atomic E-state index is 14.3. The second-order valence-corrected chi connectivity index (χ2v) is 5.90. The summed E-state index contributed by atoms with van der Waals surface area (Å²) in [7, 11) is 3.15. The van der Waals surface area contributed by atoms with E-state index in [4.69, 9.17) is 9.47 Å². The Balaban J connectivity index is 1.96. The summed E-state index contributed by atoms with van der Waals surface area (Å²) in [5, 5.41) is 7.84. The largest absolute Gasteiger partial charge is 0.496 e. The number of hydrogen-bond donors (Lipinski definition) is 1. The zero-order valence-electron chi connectivity index (χ0n) is 14.3. The van der Waals surface area contributed by atoms with Crippen molar-refractivity contribution in [2.75, 3.05) is 26.1 Å². The Labute approximate surface area is 149 Å². The molecule has 0 spiro atoms. The highest BCUT2D eigenvalue weighted by Crippen LogP contribution is 2.43. The number of halogens is 2. The molecule has 4 rings (SSSR count). The van der Waals surface area contributed by atoms with Gasteiger partial charge in [-0.25, -0.2) is 13.5 Å². The first-order chi connectivity index (χ1) is 12.6. The van der Waals surface area contributed by atoms with Gasteiger partial charge in [-0.3, -0.25) is 0 Å². The first kappa shape index (κ1) is 16.4. The van der Waals surface area contributed by atoms with Gasteiger partial charge in [0, 0.05) is 18.2 Å². The van der Waals surface area contributed by atoms with Gasteiger partial charge < -0.3 is 14.8 Å². The Morgan fingerprint density at radius 1 is 1.08 bits per heavy atom. The van der Waals surface area contributed by atoms with Crippen molar-refractivity contribution in [3.8, 4) is 28.4 Å². The number of nitrogens with one attached hydrogen (secondary N) is 1. The Bertz CT molecular complexity index is 963. The molecule has 26 heavy (non-hydrogen) atoms. The van der Waals surface area contributed by atoms with Crippen LogP contribution in [0.3, 0.4) is 0 Å². The van der Waals surface area contributed by atoms with Crippen LogP contribution in [0.25, 0.3) is 16.9 Å². The van der Waals surface area contributed by atoms with Crippen molar-refractivity contribution in [3.63, 3.8) is 0 Å². The molecule has 0 fully saturated rings. The standard InChI is InChI=1S/C19H17F2N3O2/c1-25-15-4-3-5-16(26-2)17(15)18-12-8-9-22-19(12)24(23-18)14-7-6-11(20)10-13(14)21/h3-7,10,22H,8-9H2,1-2H3. The highest BCUT2D eigenvalue weighted by atomic mass is 19.1. The van der Waals surface area contributed by atoms with Gasteiger partial charge in [-0.15, -0.1) is 0 Å². The van der Waals surface area contributed by atoms with E-state index in [0.29, 0.717) is 35.1 Å². The zero-order valence-corrected chi connectivity index (χ0v) is 14.3. The summed E-state index contributed by atoms with van der Waals surface area (Å²) in [5.74, 6) is 0.613. The lowest BCUT2D eigenvalue weighted by atomic mass is 10.0. The number of fused-ring (bicyclic) bond motifs is 1. The zero-order chi connectivity index (χ0) is 18.3. The second kappa shape index (κ2) is 6.33. The van der Waals surface area contributed by atoms with E-state index in [-0.39, 0.29) is 5.69 Å². The monoisotopic (exact) mass is 357 g/mol. The molecule has 0 aliphatic carbocycles. The average Bonchev–Trinajstić information content (AvgIpc) is 3.24. The third-order valence-corrected chi connectivity index (χ3v) is 4.45. The number of benzene rings is 2. The van der Waals surface area contributed by atoms with Crippen LogP contribution in [-0.4, -0.2) is 30.5 Å². The number of anilines is 1. The molecule has 0 bridgehead atoms. The van der Waals surface area contributed by atoms with Gasteiger partial charge in [-0.1, -0.05) is 6.07 Å². The van der Waals surface area contributed by atoms with Crippen molar-refractivity contribution < 1.29 is 18.3 Å². The topological polar surface area (TPSA) is 48.3 Å². The summed E-state index contributed by atoms with van der Waals surface area (Å²) < 4.78 is 40.1. The van der Waals surface area contributed by atoms with E-state index < -0.39 is 11.6 Å². The average molecular weight is 357 g/mol. The highest BCUT2D eigenvalue weighted by Gasteiger charge is 2.28. The third kappa shape index (κ3) is 2.47. The molecule has 1 aliphatic rings. The van der Waals surface area contributed by atoms with Crippen molar-refractivity contribution in [3.05, 3.63) is 53.6 Å². The Kier molecular flexibility index (Phi) is 3.99. The molecule has 3 aromatic rings. The minimum Gasteiger partial charge on any atom is -0.496 e. The van der Waals surface area contributed by atoms with E-state index in [0.717, 1.165) is 18.1 Å². The molecule has 0 radical (unpaired) electrons. The Morgan fingerprint density at radius 3 is 2.46 bits per heavy atom. The van der Waals surface area contributed by atoms with Crippen LogP contribution in [0.15, 0.2) is 36.4 Å². The normalized spacial score (nSPS) is 12.6. The molecular formula is C19H17F2N3O2. The van der Waals surface area contributed by atoms with Crippen LogP contribution in [0, 0.1) is 11.6 Å². The fourth-order valence-corrected chi connectivity index (χ4v) is 3.29. The SMILES string of the molecule is COc1cccc(OC)c1-c1nn(-c2ccc(F)cc2F)c2c1CCN2. The van der Waals surface area contributed by atoms with E-state index in [9.17, 15) is 8.78 Å². The quantitative estimate of drug-likeness (QED) is 0.772. The first-order valence-electron chi connectivity index (χ1n) is 8.16. The van der Waals surface area contributed by atoms with Crippen LogP contribution in [0.4, 0.5) is 14.6 Å². The van der Waals surface area contributed by atoms with E-state index >= 15 is 0 Å². The summed E-state index contributed by atoms with van der Waals surface area (Å²) in [6, 6.07) is 8.91. The maximum Gasteiger partial charge on any atom is 0.151 e. The van der Waals surface area contributed by atoms with E-state index in [2.05, 4.69) is 10.4 Å². The van der Waals surface area contributed by atoms with Gasteiger partial charge in [0.15, 0.2) is 5.82 Å². The fourth-order valence-electron chi connectivity index (χ4n) is 3.29. The fraction of sp³-hybridized carbons (Fsp3) is 0.211. The van der Waals surface area contributed by atoms with Gasteiger partial charge in [0.25, 0.3) is 0 Å². The van der Waals surface area contributed by atoms with Crippen LogP contribution in [0.1, 0.15) is 5.56 Å². The Morgan fingerprint density at radius 2 is 1.81 bits per heavy atom. The maximum atomic E-state index is 14.3. The highest BCUT2D eigenvalue weighted by molar-refractivity contribution is 5.81. The number of rotatable bonds is 4. The second-order valence-electron chi connectivity index (χ2n) is 5.90. The molecule has 1 N–H and O–H groups in total. The van der Waals surface area contributed by atoms with Gasteiger partial charge in [0.1, 0.15) is 34.5 Å². The van der Waals surface area contributed by atoms with Crippen molar-refractivity contribution in [1.29, 1.82) is 0 Å². The van der Waals surface area contributed by atoms with Gasteiger partial charge in [-0.2, -0.15) is 5.10 Å². The van der Waals surface area contributed by atoms with Crippen LogP contribution in [0.2, 0.25) is 0 Å². The van der Waals surface area contributed by atoms with Gasteiger partial charge in [0.05, 0.1) is 19.8 Å². The number of aromatic nitrogens is 2. The summed E-state index contributed by atoms with van der Waals surface area (Å²) in [6.45, 7) is 0.709. The molecule has 5 nitrogen and oxygen atoms in total. The molecule has 7 heteroatoms. The van der Waals surface area contributed by atoms with E-state index in [1.807, 2.05) is 18.2 Å². The summed E-state index contributed by atoms with van der Waals surface area (Å²) >= 11 is 0. The van der Waals surface area contributed by atoms with Crippen LogP contribution in [0.5, 0.6) is 11.5 Å². The lowest BCUT2D eigenvalue weighted by Gasteiger charge is -2.12. The molecule has 0 unspecified atom stereocenters. The molecule has 2 heterocycles. The van der Waals surface area contributed by atoms with Crippen molar-refractivity contribution >= 4 is 5.82 Å². The molecular weight excluding hydrogens is 340 g/mol. The lowest BCUT2D eigenvalue weighted by molar-refractivity contribution is 0.397. The predicted molar refractivity (Wildman–Crippen MR) is 94.2 cm³/mol. The summed E-state index contributed by atoms with van der Waals surface area (Å²) in [4.78, 5) is 0. The summed E-state index contributed by atoms with van der Waals surface area (Å²) in [5.41, 5.74) is 2.48. The van der Waals surface area contributed by atoms with Crippen LogP contribution >= 0.6 is 0 Å². The minimum atomic E-state index is -0.678. The van der Waals surface area contributed by atoms with Crippen molar-refractivity contribution in [2.45, 2.75) is 6.42 Å². The van der Waals surface area contributed by atoms with Crippen LogP contribution in [-0.2, 0) is 6.42 Å². The molecule has 134 valence electrons. The molecule has 0 saturated carbocycles. The number of nitrogens with zero attached hydrogens (tertiary/aromatic N) is 2. The smallest absolute Gasteiger partial charge is 0.151 e. The lowest BCUT2D eigenvalue weighted by Crippen LogP contribution is -2.06. The van der Waals surface area contributed by atoms with Gasteiger partial charge in [-0.05, 0) is 30.7 Å². The molecule has 0 saturated heterocycles. The predicted octanol–water partition coefficient (Wildman–Crippen LogP) is 3.80. The Hall–Kier alpha value is -3.09. The van der Waals surface area contributed by atoms with E-state index in [1.165, 1.54) is 16.8 Å². The number of methoxy groups -OCH3 is 2. The van der Waals surface area contributed by atoms with Crippen molar-refractivity contribution in [2.24, 2.45) is 0 Å². The molecule has 1 aliphatic heterocycles. The molecule has 2 aromatic carbocycles. The minimum absolute atomic E-state index is 0.178.